The van der Waals surface area contributed by atoms with Crippen LogP contribution < -0.4 is 0 Å². The van der Waals surface area contributed by atoms with Crippen LogP contribution in [0.15, 0.2) is 18.2 Å². The van der Waals surface area contributed by atoms with Crippen LogP contribution in [0.2, 0.25) is 0 Å². The Balaban J connectivity index is 0.000000845. The van der Waals surface area contributed by atoms with Crippen LogP contribution in [0.25, 0.3) is 0 Å². The summed E-state index contributed by atoms with van der Waals surface area (Å²) in [5.41, 5.74) is 3.90. The van der Waals surface area contributed by atoms with Gasteiger partial charge in [-0.1, -0.05) is 23.8 Å². The number of benzene rings is 1. The molecule has 0 bridgehead atoms. The van der Waals surface area contributed by atoms with Gasteiger partial charge in [0.2, 0.25) is 0 Å². The number of ketones is 1. The summed E-state index contributed by atoms with van der Waals surface area (Å²) in [4.78, 5) is 11.1. The Kier molecular flexibility index (Phi) is 5.77. The zero-order valence-corrected chi connectivity index (χ0v) is 11.7. The molecule has 1 nitrogen and oxygen atoms in total. The molecule has 0 aromatic heterocycles. The summed E-state index contributed by atoms with van der Waals surface area (Å²) >= 11 is 0. The van der Waals surface area contributed by atoms with Crippen LogP contribution in [0, 0.1) is 14.4 Å². The minimum Gasteiger partial charge on any atom is -0.358 e. The summed E-state index contributed by atoms with van der Waals surface area (Å²) in [7, 11) is 0. The topological polar surface area (TPSA) is 17.1 Å². The SMILES string of the molecule is Cc1ccc2c(c1)CCC(=O)C2.[CH3-].[Y]. The minimum atomic E-state index is 0. The van der Waals surface area contributed by atoms with Crippen molar-refractivity contribution in [1.82, 2.24) is 0 Å². The number of carbonyl (C=O) groups is 1. The number of Topliss-reactive ketones (excluding diaryl/α,β-unsaturated/α-hetero) is 1. The van der Waals surface area contributed by atoms with Gasteiger partial charge in [-0.3, -0.25) is 4.79 Å². The summed E-state index contributed by atoms with van der Waals surface area (Å²) in [5.74, 6) is 0.381. The van der Waals surface area contributed by atoms with Gasteiger partial charge in [0.1, 0.15) is 5.78 Å². The molecule has 0 unspecified atom stereocenters. The molecule has 2 rings (SSSR count). The van der Waals surface area contributed by atoms with Crippen molar-refractivity contribution in [2.45, 2.75) is 26.2 Å². The van der Waals surface area contributed by atoms with Crippen LogP contribution in [0.5, 0.6) is 0 Å². The third kappa shape index (κ3) is 3.00. The molecule has 0 fully saturated rings. The Hall–Kier alpha value is -0.00610. The van der Waals surface area contributed by atoms with Gasteiger partial charge in [-0.2, -0.15) is 0 Å². The summed E-state index contributed by atoms with van der Waals surface area (Å²) in [6, 6.07) is 6.36. The largest absolute Gasteiger partial charge is 0.358 e. The fraction of sp³-hybridized carbons (Fsp3) is 0.333. The van der Waals surface area contributed by atoms with E-state index in [4.69, 9.17) is 0 Å². The second-order valence-electron chi connectivity index (χ2n) is 3.49. The molecule has 1 aliphatic carbocycles. The first kappa shape index (κ1) is 14.0. The maximum atomic E-state index is 11.1. The second-order valence-corrected chi connectivity index (χ2v) is 3.49. The molecule has 0 heterocycles. The first-order valence-electron chi connectivity index (χ1n) is 4.36. The monoisotopic (exact) mass is 264 g/mol. The fourth-order valence-electron chi connectivity index (χ4n) is 1.73. The molecule has 73 valence electrons. The van der Waals surface area contributed by atoms with Crippen molar-refractivity contribution in [3.63, 3.8) is 0 Å². The Labute approximate surface area is 111 Å². The first-order valence-corrected chi connectivity index (χ1v) is 4.36. The van der Waals surface area contributed by atoms with Crippen molar-refractivity contribution in [1.29, 1.82) is 0 Å². The van der Waals surface area contributed by atoms with Gasteiger partial charge >= 0.3 is 0 Å². The van der Waals surface area contributed by atoms with Gasteiger partial charge in [-0.25, -0.2) is 0 Å². The second kappa shape index (κ2) is 5.77. The van der Waals surface area contributed by atoms with E-state index in [1.165, 1.54) is 16.7 Å². The zero-order chi connectivity index (χ0) is 8.55. The number of carbonyl (C=O) groups excluding carboxylic acids is 1. The molecule has 0 saturated carbocycles. The smallest absolute Gasteiger partial charge is 0.137 e. The molecule has 1 aromatic carbocycles. The molecule has 2 heteroatoms. The average Bonchev–Trinajstić information content (AvgIpc) is 2.05. The fourth-order valence-corrected chi connectivity index (χ4v) is 1.73. The summed E-state index contributed by atoms with van der Waals surface area (Å²) in [6.45, 7) is 2.09. The van der Waals surface area contributed by atoms with E-state index in [1.807, 2.05) is 0 Å². The van der Waals surface area contributed by atoms with Crippen LogP contribution in [0.1, 0.15) is 23.1 Å². The van der Waals surface area contributed by atoms with Crippen molar-refractivity contribution >= 4 is 5.78 Å². The molecule has 1 radical (unpaired) electrons. The first-order chi connectivity index (χ1) is 5.75. The number of hydrogen-bond acceptors (Lipinski definition) is 1. The van der Waals surface area contributed by atoms with Crippen molar-refractivity contribution in [3.05, 3.63) is 42.3 Å². The van der Waals surface area contributed by atoms with Crippen molar-refractivity contribution < 1.29 is 37.5 Å². The third-order valence-corrected chi connectivity index (χ3v) is 2.42. The predicted molar refractivity (Wildman–Crippen MR) is 54.6 cm³/mol. The van der Waals surface area contributed by atoms with Gasteiger partial charge in [0.05, 0.1) is 0 Å². The molecule has 14 heavy (non-hydrogen) atoms. The predicted octanol–water partition coefficient (Wildman–Crippen LogP) is 2.50. The number of rotatable bonds is 0. The van der Waals surface area contributed by atoms with Gasteiger partial charge < -0.3 is 7.43 Å². The molecular weight excluding hydrogens is 249 g/mol. The van der Waals surface area contributed by atoms with Crippen LogP contribution in [0.4, 0.5) is 0 Å². The van der Waals surface area contributed by atoms with E-state index in [2.05, 4.69) is 25.1 Å². The van der Waals surface area contributed by atoms with E-state index in [0.717, 1.165) is 12.8 Å². The molecule has 0 amide bonds. The van der Waals surface area contributed by atoms with Crippen LogP contribution in [0.3, 0.4) is 0 Å². The van der Waals surface area contributed by atoms with Crippen LogP contribution in [-0.2, 0) is 50.3 Å². The quantitative estimate of drug-likeness (QED) is 0.658. The Morgan fingerprint density at radius 1 is 1.14 bits per heavy atom. The van der Waals surface area contributed by atoms with Crippen LogP contribution in [-0.4, -0.2) is 5.78 Å². The van der Waals surface area contributed by atoms with E-state index in [0.29, 0.717) is 12.2 Å². The zero-order valence-electron chi connectivity index (χ0n) is 8.84. The number of aryl methyl sites for hydroxylation is 2. The third-order valence-electron chi connectivity index (χ3n) is 2.42. The normalized spacial score (nSPS) is 13.6. The van der Waals surface area contributed by atoms with E-state index < -0.39 is 0 Å². The van der Waals surface area contributed by atoms with Gasteiger partial charge in [0.25, 0.3) is 0 Å². The molecule has 1 aliphatic rings. The van der Waals surface area contributed by atoms with Crippen molar-refractivity contribution in [3.8, 4) is 0 Å². The van der Waals surface area contributed by atoms with Gasteiger partial charge in [-0.05, 0) is 24.5 Å². The number of fused-ring (bicyclic) bond motifs is 1. The van der Waals surface area contributed by atoms with E-state index in [-0.39, 0.29) is 40.1 Å². The summed E-state index contributed by atoms with van der Waals surface area (Å²) < 4.78 is 0. The number of hydrogen-bond donors (Lipinski definition) is 0. The summed E-state index contributed by atoms with van der Waals surface area (Å²) in [5, 5.41) is 0. The van der Waals surface area contributed by atoms with E-state index in [1.54, 1.807) is 0 Å². The Morgan fingerprint density at radius 2 is 1.86 bits per heavy atom. The molecule has 0 aliphatic heterocycles. The van der Waals surface area contributed by atoms with Crippen molar-refractivity contribution in [2.24, 2.45) is 0 Å². The Bertz CT molecular complexity index is 331. The summed E-state index contributed by atoms with van der Waals surface area (Å²) in [6.07, 6.45) is 2.32. The van der Waals surface area contributed by atoms with E-state index >= 15 is 0 Å². The minimum absolute atomic E-state index is 0. The molecular formula is C12H15OY-. The van der Waals surface area contributed by atoms with Gasteiger partial charge in [0, 0.05) is 45.6 Å². The van der Waals surface area contributed by atoms with Crippen LogP contribution >= 0.6 is 0 Å². The Morgan fingerprint density at radius 3 is 2.57 bits per heavy atom. The van der Waals surface area contributed by atoms with E-state index in [9.17, 15) is 4.79 Å². The standard InChI is InChI=1S/C11H12O.CH3.Y/c1-8-2-3-10-7-11(12)5-4-9(10)6-8;;/h2-3,6H,4-5,7H2,1H3;1H3;/q;-1;. The molecule has 0 atom stereocenters. The maximum Gasteiger partial charge on any atom is 0.137 e. The molecule has 0 spiro atoms. The van der Waals surface area contributed by atoms with Gasteiger partial charge in [-0.15, -0.1) is 0 Å². The van der Waals surface area contributed by atoms with Gasteiger partial charge in [0.15, 0.2) is 0 Å². The molecule has 0 saturated heterocycles. The maximum absolute atomic E-state index is 11.1. The molecule has 0 N–H and O–H groups in total. The van der Waals surface area contributed by atoms with Crippen molar-refractivity contribution in [2.75, 3.05) is 0 Å². The molecule has 1 aromatic rings. The average molecular weight is 264 g/mol.